The van der Waals surface area contributed by atoms with Crippen molar-refractivity contribution in [2.24, 2.45) is 5.73 Å². The van der Waals surface area contributed by atoms with Gasteiger partial charge in [-0.3, -0.25) is 4.90 Å². The molecule has 1 heterocycles. The van der Waals surface area contributed by atoms with Gasteiger partial charge in [0.25, 0.3) is 0 Å². The molecule has 2 amide bonds. The van der Waals surface area contributed by atoms with Gasteiger partial charge >= 0.3 is 12.0 Å². The topological polar surface area (TPSA) is 86.9 Å². The summed E-state index contributed by atoms with van der Waals surface area (Å²) in [6.45, 7) is 1.12. The van der Waals surface area contributed by atoms with Crippen molar-refractivity contribution in [1.29, 1.82) is 0 Å². The summed E-state index contributed by atoms with van der Waals surface area (Å²) < 4.78 is 0. The minimum atomic E-state index is -0.987. The number of benzene rings is 2. The third-order valence-electron chi connectivity index (χ3n) is 6.58. The zero-order valence-electron chi connectivity index (χ0n) is 17.6. The second-order valence-corrected chi connectivity index (χ2v) is 8.70. The number of aromatic carboxylic acids is 1. The lowest BCUT2D eigenvalue weighted by molar-refractivity contribution is 0.0697. The number of urea groups is 1. The lowest BCUT2D eigenvalue weighted by atomic mass is 9.68. The number of carbonyl (C=O) groups is 2. The molecule has 2 aliphatic rings. The highest BCUT2D eigenvalue weighted by Gasteiger charge is 2.39. The Morgan fingerprint density at radius 3 is 2.44 bits per heavy atom. The number of hydrogen-bond acceptors (Lipinski definition) is 3. The van der Waals surface area contributed by atoms with Gasteiger partial charge in [-0.15, -0.1) is 12.4 Å². The number of rotatable bonds is 5. The molecule has 0 bridgehead atoms. The minimum absolute atomic E-state index is 0. The number of amides is 2. The smallest absolute Gasteiger partial charge is 0.335 e. The van der Waals surface area contributed by atoms with Gasteiger partial charge in [0.15, 0.2) is 0 Å². The maximum absolute atomic E-state index is 13.2. The summed E-state index contributed by atoms with van der Waals surface area (Å²) >= 11 is 6.21. The van der Waals surface area contributed by atoms with E-state index in [1.54, 1.807) is 23.2 Å². The molecule has 0 atom stereocenters. The number of carboxylic acid groups (broad SMARTS) is 1. The van der Waals surface area contributed by atoms with Gasteiger partial charge in [0, 0.05) is 35.8 Å². The Labute approximate surface area is 199 Å². The van der Waals surface area contributed by atoms with Crippen molar-refractivity contribution in [3.05, 3.63) is 77.0 Å². The van der Waals surface area contributed by atoms with Gasteiger partial charge in [-0.2, -0.15) is 0 Å². The van der Waals surface area contributed by atoms with Gasteiger partial charge in [-0.05, 0) is 73.7 Å². The van der Waals surface area contributed by atoms with E-state index in [1.165, 1.54) is 17.7 Å². The summed E-state index contributed by atoms with van der Waals surface area (Å²) in [6.07, 6.45) is 7.26. The first-order valence-corrected chi connectivity index (χ1v) is 10.9. The normalized spacial score (nSPS) is 23.1. The molecule has 3 N–H and O–H groups in total. The maximum Gasteiger partial charge on any atom is 0.335 e. The van der Waals surface area contributed by atoms with E-state index in [1.807, 2.05) is 29.2 Å². The van der Waals surface area contributed by atoms with Crippen LogP contribution in [0.25, 0.3) is 0 Å². The van der Waals surface area contributed by atoms with Crippen LogP contribution in [0.3, 0.4) is 0 Å². The molecule has 4 rings (SSSR count). The number of nitrogens with two attached hydrogens (primary N) is 1. The van der Waals surface area contributed by atoms with Crippen LogP contribution in [0, 0.1) is 0 Å². The first-order valence-electron chi connectivity index (χ1n) is 10.5. The van der Waals surface area contributed by atoms with E-state index in [0.717, 1.165) is 25.7 Å². The molecule has 32 heavy (non-hydrogen) atoms. The lowest BCUT2D eigenvalue weighted by Gasteiger charge is -2.45. The number of halogens is 2. The Balaban J connectivity index is 0.00000289. The van der Waals surface area contributed by atoms with Crippen LogP contribution in [-0.4, -0.2) is 41.1 Å². The summed E-state index contributed by atoms with van der Waals surface area (Å²) in [6, 6.07) is 14.3. The van der Waals surface area contributed by atoms with Crippen LogP contribution in [0.15, 0.2) is 60.8 Å². The van der Waals surface area contributed by atoms with Crippen molar-refractivity contribution in [3.8, 4) is 0 Å². The highest BCUT2D eigenvalue weighted by atomic mass is 35.5. The van der Waals surface area contributed by atoms with E-state index >= 15 is 0 Å². The summed E-state index contributed by atoms with van der Waals surface area (Å²) in [5.41, 5.74) is 8.13. The van der Waals surface area contributed by atoms with Gasteiger partial charge in [0.05, 0.1) is 11.3 Å². The van der Waals surface area contributed by atoms with Crippen molar-refractivity contribution in [1.82, 2.24) is 4.90 Å². The second kappa shape index (κ2) is 9.94. The third kappa shape index (κ3) is 4.63. The molecular formula is C24H27Cl2N3O3. The average Bonchev–Trinajstić information content (AvgIpc) is 2.79. The van der Waals surface area contributed by atoms with E-state index in [9.17, 15) is 9.59 Å². The van der Waals surface area contributed by atoms with E-state index in [4.69, 9.17) is 22.4 Å². The van der Waals surface area contributed by atoms with Crippen molar-refractivity contribution in [3.63, 3.8) is 0 Å². The van der Waals surface area contributed by atoms with Crippen LogP contribution in [0.5, 0.6) is 0 Å². The SMILES string of the molecule is Cl.NCC1(c2cccc(Cl)c2)CCC(N2CC=CN(c3ccc(C(=O)O)cc3)C2=O)CC1. The first kappa shape index (κ1) is 24.1. The lowest BCUT2D eigenvalue weighted by Crippen LogP contribution is -2.52. The Kier molecular flexibility index (Phi) is 7.49. The van der Waals surface area contributed by atoms with Crippen molar-refractivity contribution in [2.75, 3.05) is 18.0 Å². The van der Waals surface area contributed by atoms with Crippen LogP contribution in [0.1, 0.15) is 41.6 Å². The van der Waals surface area contributed by atoms with Gasteiger partial charge < -0.3 is 15.7 Å². The number of anilines is 1. The summed E-state index contributed by atoms with van der Waals surface area (Å²) in [5, 5.41) is 9.81. The van der Waals surface area contributed by atoms with Crippen LogP contribution >= 0.6 is 24.0 Å². The van der Waals surface area contributed by atoms with E-state index in [2.05, 4.69) is 6.07 Å². The predicted molar refractivity (Wildman–Crippen MR) is 129 cm³/mol. The molecule has 1 aliphatic carbocycles. The molecule has 8 heteroatoms. The van der Waals surface area contributed by atoms with E-state index in [0.29, 0.717) is 23.8 Å². The van der Waals surface area contributed by atoms with Gasteiger partial charge in [0.2, 0.25) is 0 Å². The minimum Gasteiger partial charge on any atom is -0.478 e. The van der Waals surface area contributed by atoms with E-state index in [-0.39, 0.29) is 35.5 Å². The van der Waals surface area contributed by atoms with E-state index < -0.39 is 5.97 Å². The highest BCUT2D eigenvalue weighted by Crippen LogP contribution is 2.41. The molecule has 2 aromatic rings. The first-order chi connectivity index (χ1) is 14.9. The zero-order valence-corrected chi connectivity index (χ0v) is 19.2. The van der Waals surface area contributed by atoms with Crippen LogP contribution in [0.4, 0.5) is 10.5 Å². The largest absolute Gasteiger partial charge is 0.478 e. The van der Waals surface area contributed by atoms with Crippen LogP contribution in [0.2, 0.25) is 5.02 Å². The second-order valence-electron chi connectivity index (χ2n) is 8.27. The molecule has 2 aromatic carbocycles. The fourth-order valence-corrected chi connectivity index (χ4v) is 4.90. The van der Waals surface area contributed by atoms with Crippen LogP contribution < -0.4 is 10.6 Å². The highest BCUT2D eigenvalue weighted by molar-refractivity contribution is 6.30. The van der Waals surface area contributed by atoms with Gasteiger partial charge in [0.1, 0.15) is 0 Å². The molecule has 0 aromatic heterocycles. The Morgan fingerprint density at radius 1 is 1.16 bits per heavy atom. The Morgan fingerprint density at radius 2 is 1.84 bits per heavy atom. The molecule has 1 aliphatic heterocycles. The fourth-order valence-electron chi connectivity index (χ4n) is 4.71. The average molecular weight is 476 g/mol. The molecule has 6 nitrogen and oxygen atoms in total. The third-order valence-corrected chi connectivity index (χ3v) is 6.82. The Hall–Kier alpha value is -2.54. The van der Waals surface area contributed by atoms with Gasteiger partial charge in [-0.25, -0.2) is 9.59 Å². The fraction of sp³-hybridized carbons (Fsp3) is 0.333. The molecule has 0 unspecified atom stereocenters. The molecule has 1 fully saturated rings. The van der Waals surface area contributed by atoms with Gasteiger partial charge in [-0.1, -0.05) is 23.7 Å². The van der Waals surface area contributed by atoms with Crippen molar-refractivity contribution in [2.45, 2.75) is 37.1 Å². The quantitative estimate of drug-likeness (QED) is 0.632. The predicted octanol–water partition coefficient (Wildman–Crippen LogP) is 5.06. The van der Waals surface area contributed by atoms with Crippen molar-refractivity contribution < 1.29 is 14.7 Å². The summed E-state index contributed by atoms with van der Waals surface area (Å²) in [4.78, 5) is 27.8. The summed E-state index contributed by atoms with van der Waals surface area (Å²) in [7, 11) is 0. The maximum atomic E-state index is 13.2. The number of hydrogen-bond donors (Lipinski definition) is 2. The van der Waals surface area contributed by atoms with Crippen molar-refractivity contribution >= 4 is 41.7 Å². The van der Waals surface area contributed by atoms with Crippen LogP contribution in [-0.2, 0) is 5.41 Å². The zero-order chi connectivity index (χ0) is 22.0. The number of nitrogens with zero attached hydrogens (tertiary/aromatic N) is 2. The standard InChI is InChI=1S/C24H26ClN3O3.ClH/c25-19-4-1-3-18(15-19)24(16-26)11-9-21(10-12-24)28-14-2-13-27(23(28)31)20-7-5-17(6-8-20)22(29)30;/h1-8,13,15,21H,9-12,14,16,26H2,(H,29,30);1H. The molecular weight excluding hydrogens is 449 g/mol. The number of carboxylic acids is 1. The number of carbonyl (C=O) groups excluding carboxylic acids is 1. The molecule has 0 radical (unpaired) electrons. The summed E-state index contributed by atoms with van der Waals surface area (Å²) in [5.74, 6) is -0.987. The molecule has 0 saturated heterocycles. The monoisotopic (exact) mass is 475 g/mol. The molecule has 170 valence electrons. The Bertz CT molecular complexity index is 1000. The molecule has 0 spiro atoms. The molecule has 1 saturated carbocycles.